The first-order valence-corrected chi connectivity index (χ1v) is 12.1. The highest BCUT2D eigenvalue weighted by Gasteiger charge is 2.30. The number of hydrogen-bond donors (Lipinski definition) is 1. The molecule has 0 unspecified atom stereocenters. The minimum Gasteiger partial charge on any atom is -0.460 e. The van der Waals surface area contributed by atoms with Crippen molar-refractivity contribution in [2.24, 2.45) is 0 Å². The van der Waals surface area contributed by atoms with Crippen molar-refractivity contribution in [2.45, 2.75) is 6.18 Å². The monoisotopic (exact) mass is 541 g/mol. The van der Waals surface area contributed by atoms with E-state index in [-0.39, 0.29) is 24.5 Å². The lowest BCUT2D eigenvalue weighted by Crippen LogP contribution is -2.15. The van der Waals surface area contributed by atoms with Crippen molar-refractivity contribution < 1.29 is 46.4 Å². The zero-order valence-corrected chi connectivity index (χ0v) is 21.2. The van der Waals surface area contributed by atoms with Crippen molar-refractivity contribution in [1.29, 1.82) is 0 Å². The largest absolute Gasteiger partial charge is 0.460 e. The third kappa shape index (κ3) is 13.0. The van der Waals surface area contributed by atoms with E-state index in [1.807, 2.05) is 0 Å². The number of alkyl halides is 3. The van der Waals surface area contributed by atoms with E-state index in [0.29, 0.717) is 65.1 Å². The molecule has 0 aromatic heterocycles. The number of nitrogens with one attached hydrogen (secondary N) is 1. The SMILES string of the molecule is C=CCOCCOCCOCCOCCOCCOC(=O)c1ccccc1Nc1cccc(C(F)(F)F)c1. The number of halogens is 3. The molecule has 0 saturated carbocycles. The molecule has 2 aromatic carbocycles. The average Bonchev–Trinajstić information content (AvgIpc) is 2.90. The molecule has 0 aliphatic heterocycles. The molecule has 8 nitrogen and oxygen atoms in total. The van der Waals surface area contributed by atoms with Crippen LogP contribution >= 0.6 is 0 Å². The maximum Gasteiger partial charge on any atom is 0.416 e. The van der Waals surface area contributed by atoms with Crippen LogP contribution in [0, 0.1) is 0 Å². The third-order valence-corrected chi connectivity index (χ3v) is 4.80. The number of esters is 1. The Morgan fingerprint density at radius 1 is 0.763 bits per heavy atom. The van der Waals surface area contributed by atoms with Crippen LogP contribution in [0.3, 0.4) is 0 Å². The fourth-order valence-corrected chi connectivity index (χ4v) is 3.02. The molecule has 1 N–H and O–H groups in total. The molecule has 0 radical (unpaired) electrons. The van der Waals surface area contributed by atoms with Gasteiger partial charge in [0.1, 0.15) is 6.61 Å². The van der Waals surface area contributed by atoms with Crippen LogP contribution in [-0.2, 0) is 34.6 Å². The molecule has 0 amide bonds. The number of rotatable bonds is 20. The first-order valence-electron chi connectivity index (χ1n) is 12.1. The van der Waals surface area contributed by atoms with Gasteiger partial charge in [-0.1, -0.05) is 24.3 Å². The minimum absolute atomic E-state index is 0.0124. The smallest absolute Gasteiger partial charge is 0.416 e. The van der Waals surface area contributed by atoms with Gasteiger partial charge in [-0.05, 0) is 30.3 Å². The second kappa shape index (κ2) is 18.3. The number of ether oxygens (including phenoxy) is 6. The van der Waals surface area contributed by atoms with E-state index >= 15 is 0 Å². The zero-order chi connectivity index (χ0) is 27.5. The van der Waals surface area contributed by atoms with Crippen molar-refractivity contribution >= 4 is 17.3 Å². The quantitative estimate of drug-likeness (QED) is 0.144. The molecule has 0 atom stereocenters. The summed E-state index contributed by atoms with van der Waals surface area (Å²) in [6.07, 6.45) is -2.79. The molecule has 2 aromatic rings. The highest BCUT2D eigenvalue weighted by atomic mass is 19.4. The number of benzene rings is 2. The summed E-state index contributed by atoms with van der Waals surface area (Å²) in [5.41, 5.74) is -0.0629. The number of para-hydroxylation sites is 1. The fourth-order valence-electron chi connectivity index (χ4n) is 3.02. The van der Waals surface area contributed by atoms with E-state index in [9.17, 15) is 18.0 Å². The number of anilines is 2. The van der Waals surface area contributed by atoms with Gasteiger partial charge in [-0.25, -0.2) is 4.79 Å². The van der Waals surface area contributed by atoms with Crippen LogP contribution in [0.4, 0.5) is 24.5 Å². The van der Waals surface area contributed by atoms with Crippen LogP contribution in [0.5, 0.6) is 0 Å². The van der Waals surface area contributed by atoms with Gasteiger partial charge in [-0.3, -0.25) is 0 Å². The molecule has 0 spiro atoms. The van der Waals surface area contributed by atoms with Crippen molar-refractivity contribution in [3.63, 3.8) is 0 Å². The first-order chi connectivity index (χ1) is 18.4. The minimum atomic E-state index is -4.47. The topological polar surface area (TPSA) is 84.5 Å². The van der Waals surface area contributed by atoms with Gasteiger partial charge in [0.15, 0.2) is 0 Å². The Labute approximate surface area is 220 Å². The molecule has 38 heavy (non-hydrogen) atoms. The second-order valence-electron chi connectivity index (χ2n) is 7.70. The zero-order valence-electron chi connectivity index (χ0n) is 21.2. The number of carbonyl (C=O) groups is 1. The molecule has 210 valence electrons. The lowest BCUT2D eigenvalue weighted by atomic mass is 10.1. The van der Waals surface area contributed by atoms with Gasteiger partial charge in [0.05, 0.1) is 82.9 Å². The van der Waals surface area contributed by atoms with Crippen LogP contribution in [0.25, 0.3) is 0 Å². The molecule has 0 bridgehead atoms. The summed E-state index contributed by atoms with van der Waals surface area (Å²) < 4.78 is 70.8. The molecular formula is C27H34F3NO7. The van der Waals surface area contributed by atoms with Gasteiger partial charge in [0.2, 0.25) is 0 Å². The van der Waals surface area contributed by atoms with Crippen LogP contribution < -0.4 is 5.32 Å². The second-order valence-corrected chi connectivity index (χ2v) is 7.70. The van der Waals surface area contributed by atoms with Gasteiger partial charge < -0.3 is 33.7 Å². The highest BCUT2D eigenvalue weighted by Crippen LogP contribution is 2.32. The third-order valence-electron chi connectivity index (χ3n) is 4.80. The van der Waals surface area contributed by atoms with Gasteiger partial charge in [0.25, 0.3) is 0 Å². The van der Waals surface area contributed by atoms with Gasteiger partial charge in [-0.15, -0.1) is 6.58 Å². The molecule has 0 saturated heterocycles. The predicted molar refractivity (Wildman–Crippen MR) is 136 cm³/mol. The Bertz CT molecular complexity index is 956. The molecule has 0 aliphatic carbocycles. The summed E-state index contributed by atoms with van der Waals surface area (Å²) in [5.74, 6) is -0.620. The Morgan fingerprint density at radius 3 is 1.89 bits per heavy atom. The van der Waals surface area contributed by atoms with E-state index in [0.717, 1.165) is 12.1 Å². The van der Waals surface area contributed by atoms with Crippen molar-refractivity contribution in [3.05, 3.63) is 72.3 Å². The summed E-state index contributed by atoms with van der Waals surface area (Å²) in [5, 5.41) is 2.85. The summed E-state index contributed by atoms with van der Waals surface area (Å²) in [6.45, 7) is 7.73. The average molecular weight is 542 g/mol. The van der Waals surface area contributed by atoms with Gasteiger partial charge in [0, 0.05) is 5.69 Å². The molecular weight excluding hydrogens is 507 g/mol. The van der Waals surface area contributed by atoms with Crippen LogP contribution in [-0.4, -0.2) is 78.6 Å². The normalized spacial score (nSPS) is 11.3. The predicted octanol–water partition coefficient (Wildman–Crippen LogP) is 4.87. The Kier molecular flexibility index (Phi) is 15.1. The van der Waals surface area contributed by atoms with Crippen LogP contribution in [0.15, 0.2) is 61.2 Å². The van der Waals surface area contributed by atoms with Crippen molar-refractivity contribution in [3.8, 4) is 0 Å². The summed E-state index contributed by atoms with van der Waals surface area (Å²) in [6, 6.07) is 11.1. The fraction of sp³-hybridized carbons (Fsp3) is 0.444. The van der Waals surface area contributed by atoms with Crippen LogP contribution in [0.1, 0.15) is 15.9 Å². The van der Waals surface area contributed by atoms with Crippen LogP contribution in [0.2, 0.25) is 0 Å². The maximum absolute atomic E-state index is 13.0. The summed E-state index contributed by atoms with van der Waals surface area (Å²) in [4.78, 5) is 12.5. The molecule has 0 heterocycles. The van der Waals surface area contributed by atoms with E-state index in [1.165, 1.54) is 18.2 Å². The highest BCUT2D eigenvalue weighted by molar-refractivity contribution is 5.96. The summed E-state index contributed by atoms with van der Waals surface area (Å²) >= 11 is 0. The molecule has 0 aliphatic rings. The van der Waals surface area contributed by atoms with E-state index < -0.39 is 17.7 Å². The molecule has 0 fully saturated rings. The first kappa shape index (κ1) is 31.3. The van der Waals surface area contributed by atoms with E-state index in [2.05, 4.69) is 11.9 Å². The molecule has 11 heteroatoms. The lowest BCUT2D eigenvalue weighted by Gasteiger charge is -2.13. The maximum atomic E-state index is 13.0. The standard InChI is InChI=1S/C27H34F3NO7/c1-2-10-33-11-12-34-13-14-35-15-16-36-17-18-37-19-20-38-26(32)24-8-3-4-9-25(24)31-23-7-5-6-22(21-23)27(28,29)30/h2-9,21,31H,1,10-20H2. The van der Waals surface area contributed by atoms with Crippen molar-refractivity contribution in [2.75, 3.05) is 78.0 Å². The Morgan fingerprint density at radius 2 is 1.32 bits per heavy atom. The lowest BCUT2D eigenvalue weighted by molar-refractivity contribution is -0.137. The number of carbonyl (C=O) groups excluding carboxylic acids is 1. The van der Waals surface area contributed by atoms with Crippen molar-refractivity contribution in [1.82, 2.24) is 0 Å². The van der Waals surface area contributed by atoms with Gasteiger partial charge in [-0.2, -0.15) is 13.2 Å². The number of hydrogen-bond acceptors (Lipinski definition) is 8. The summed E-state index contributed by atoms with van der Waals surface area (Å²) in [7, 11) is 0. The van der Waals surface area contributed by atoms with E-state index in [1.54, 1.807) is 24.3 Å². The Balaban J connectivity index is 1.55. The van der Waals surface area contributed by atoms with E-state index in [4.69, 9.17) is 28.4 Å². The Hall–Kier alpha value is -2.96. The molecule has 2 rings (SSSR count). The van der Waals surface area contributed by atoms with Gasteiger partial charge >= 0.3 is 12.1 Å².